The lowest BCUT2D eigenvalue weighted by molar-refractivity contribution is -0.137. The maximum atomic E-state index is 12.5. The Labute approximate surface area is 164 Å². The van der Waals surface area contributed by atoms with Crippen LogP contribution in [0.2, 0.25) is 0 Å². The lowest BCUT2D eigenvalue weighted by atomic mass is 9.49. The summed E-state index contributed by atoms with van der Waals surface area (Å²) in [6, 6.07) is 0. The molecule has 1 saturated heterocycles. The van der Waals surface area contributed by atoms with Crippen LogP contribution >= 0.6 is 11.8 Å². The summed E-state index contributed by atoms with van der Waals surface area (Å²) in [5.74, 6) is 2.05. The van der Waals surface area contributed by atoms with Crippen LogP contribution in [0, 0.1) is 23.2 Å². The summed E-state index contributed by atoms with van der Waals surface area (Å²) in [4.78, 5) is 37.7. The molecule has 4 bridgehead atoms. The van der Waals surface area contributed by atoms with E-state index in [1.165, 1.54) is 61.3 Å². The van der Waals surface area contributed by atoms with Gasteiger partial charge in [-0.1, -0.05) is 11.8 Å². The minimum atomic E-state index is -0.478. The SMILES string of the molecule is CCOC(=O)/C=C1\SCC(=O)N1CC(=O)NCC12CC3CC(CC(C3)C1)C2. The Hall–Kier alpha value is -1.50. The molecule has 5 rings (SSSR count). The standard InChI is InChI=1S/C20H28N2O4S/c1-2-26-19(25)6-18-22(17(24)11-27-18)10-16(23)21-12-20-7-13-3-14(8-20)5-15(4-13)9-20/h6,13-15H,2-5,7-12H2,1H3,(H,21,23)/b18-6-. The fraction of sp³-hybridized carbons (Fsp3) is 0.750. The zero-order chi connectivity index (χ0) is 19.0. The van der Waals surface area contributed by atoms with Crippen molar-refractivity contribution in [3.8, 4) is 0 Å². The van der Waals surface area contributed by atoms with Crippen LogP contribution in [-0.4, -0.2) is 48.1 Å². The molecule has 2 amide bonds. The lowest BCUT2D eigenvalue weighted by Gasteiger charge is -2.56. The minimum absolute atomic E-state index is 0.0244. The molecule has 4 aliphatic carbocycles. The number of ether oxygens (including phenoxy) is 1. The molecule has 0 radical (unpaired) electrons. The van der Waals surface area contributed by atoms with Crippen LogP contribution in [0.4, 0.5) is 0 Å². The van der Waals surface area contributed by atoms with Gasteiger partial charge >= 0.3 is 5.97 Å². The number of hydrogen-bond donors (Lipinski definition) is 1. The van der Waals surface area contributed by atoms with Crippen LogP contribution in [0.3, 0.4) is 0 Å². The molecule has 0 spiro atoms. The Kier molecular flexibility index (Phi) is 5.23. The number of nitrogens with zero attached hydrogens (tertiary/aromatic N) is 1. The highest BCUT2D eigenvalue weighted by Crippen LogP contribution is 2.59. The maximum Gasteiger partial charge on any atom is 0.333 e. The predicted molar refractivity (Wildman–Crippen MR) is 103 cm³/mol. The highest BCUT2D eigenvalue weighted by Gasteiger charge is 2.50. The Bertz CT molecular complexity index is 640. The number of nitrogens with one attached hydrogen (secondary N) is 1. The summed E-state index contributed by atoms with van der Waals surface area (Å²) in [5.41, 5.74) is 0.276. The number of rotatable bonds is 6. The third-order valence-electron chi connectivity index (χ3n) is 6.57. The van der Waals surface area contributed by atoms with Crippen LogP contribution < -0.4 is 5.32 Å². The average molecular weight is 393 g/mol. The van der Waals surface area contributed by atoms with Gasteiger partial charge < -0.3 is 10.1 Å². The minimum Gasteiger partial charge on any atom is -0.463 e. The van der Waals surface area contributed by atoms with Crippen molar-refractivity contribution in [3.05, 3.63) is 11.1 Å². The van der Waals surface area contributed by atoms with E-state index in [0.717, 1.165) is 24.3 Å². The van der Waals surface area contributed by atoms with Gasteiger partial charge in [0.2, 0.25) is 11.8 Å². The van der Waals surface area contributed by atoms with Gasteiger partial charge in [0.25, 0.3) is 0 Å². The fourth-order valence-corrected chi connectivity index (χ4v) is 6.91. The molecule has 0 atom stereocenters. The molecule has 7 heteroatoms. The largest absolute Gasteiger partial charge is 0.463 e. The molecule has 5 aliphatic rings. The first-order valence-electron chi connectivity index (χ1n) is 10.0. The molecular weight excluding hydrogens is 364 g/mol. The first-order valence-corrected chi connectivity index (χ1v) is 11.0. The van der Waals surface area contributed by atoms with Gasteiger partial charge in [-0.05, 0) is 68.6 Å². The highest BCUT2D eigenvalue weighted by atomic mass is 32.2. The normalized spacial score (nSPS) is 35.7. The quantitative estimate of drug-likeness (QED) is 0.554. The summed E-state index contributed by atoms with van der Waals surface area (Å²) >= 11 is 1.28. The van der Waals surface area contributed by atoms with Crippen LogP contribution in [-0.2, 0) is 19.1 Å². The molecule has 0 unspecified atom stereocenters. The molecule has 27 heavy (non-hydrogen) atoms. The van der Waals surface area contributed by atoms with E-state index in [1.807, 2.05) is 0 Å². The van der Waals surface area contributed by atoms with Gasteiger partial charge in [0, 0.05) is 6.54 Å². The first-order chi connectivity index (χ1) is 13.0. The molecule has 4 saturated carbocycles. The van der Waals surface area contributed by atoms with Crippen LogP contribution in [0.15, 0.2) is 11.1 Å². The summed E-state index contributed by atoms with van der Waals surface area (Å²) in [7, 11) is 0. The van der Waals surface area contributed by atoms with Crippen molar-refractivity contribution in [2.45, 2.75) is 45.4 Å². The molecule has 0 aromatic rings. The third-order valence-corrected chi connectivity index (χ3v) is 7.59. The average Bonchev–Trinajstić information content (AvgIpc) is 2.92. The van der Waals surface area contributed by atoms with E-state index >= 15 is 0 Å². The smallest absolute Gasteiger partial charge is 0.333 e. The number of hydrogen-bond acceptors (Lipinski definition) is 5. The van der Waals surface area contributed by atoms with Gasteiger partial charge in [0.1, 0.15) is 6.54 Å². The lowest BCUT2D eigenvalue weighted by Crippen LogP contribution is -2.52. The zero-order valence-electron chi connectivity index (χ0n) is 15.9. The van der Waals surface area contributed by atoms with Crippen molar-refractivity contribution >= 4 is 29.5 Å². The van der Waals surface area contributed by atoms with E-state index in [4.69, 9.17) is 4.74 Å². The van der Waals surface area contributed by atoms with Gasteiger partial charge in [0.05, 0.1) is 23.5 Å². The van der Waals surface area contributed by atoms with Crippen molar-refractivity contribution in [3.63, 3.8) is 0 Å². The van der Waals surface area contributed by atoms with E-state index in [-0.39, 0.29) is 36.1 Å². The Morgan fingerprint density at radius 3 is 2.44 bits per heavy atom. The molecule has 0 aromatic heterocycles. The molecular formula is C20H28N2O4S. The van der Waals surface area contributed by atoms with E-state index in [0.29, 0.717) is 5.03 Å². The van der Waals surface area contributed by atoms with Crippen LogP contribution in [0.25, 0.3) is 0 Å². The van der Waals surface area contributed by atoms with Gasteiger partial charge in [-0.2, -0.15) is 0 Å². The van der Waals surface area contributed by atoms with E-state index in [2.05, 4.69) is 5.32 Å². The van der Waals surface area contributed by atoms with Gasteiger partial charge in [-0.15, -0.1) is 0 Å². The topological polar surface area (TPSA) is 75.7 Å². The number of carbonyl (C=O) groups is 3. The molecule has 6 nitrogen and oxygen atoms in total. The number of thioether (sulfide) groups is 1. The van der Waals surface area contributed by atoms with Crippen LogP contribution in [0.1, 0.15) is 45.4 Å². The Morgan fingerprint density at radius 2 is 1.85 bits per heavy atom. The fourth-order valence-electron chi connectivity index (χ4n) is 5.98. The summed E-state index contributed by atoms with van der Waals surface area (Å²) in [5, 5.41) is 3.60. The Balaban J connectivity index is 1.33. The molecule has 148 valence electrons. The van der Waals surface area contributed by atoms with Gasteiger partial charge in [-0.25, -0.2) is 4.79 Å². The third kappa shape index (κ3) is 4.03. The van der Waals surface area contributed by atoms with Gasteiger partial charge in [0.15, 0.2) is 0 Å². The summed E-state index contributed by atoms with van der Waals surface area (Å²) in [6.45, 7) is 2.72. The summed E-state index contributed by atoms with van der Waals surface area (Å²) in [6.07, 6.45) is 9.19. The Morgan fingerprint density at radius 1 is 1.22 bits per heavy atom. The predicted octanol–water partition coefficient (Wildman–Crippen LogP) is 2.30. The number of amides is 2. The van der Waals surface area contributed by atoms with Crippen molar-refractivity contribution < 1.29 is 19.1 Å². The maximum absolute atomic E-state index is 12.5. The first kappa shape index (κ1) is 18.8. The molecule has 0 aromatic carbocycles. The molecule has 5 fully saturated rings. The molecule has 1 heterocycles. The number of carbonyl (C=O) groups excluding carboxylic acids is 3. The highest BCUT2D eigenvalue weighted by molar-refractivity contribution is 8.04. The van der Waals surface area contributed by atoms with Crippen molar-refractivity contribution in [1.29, 1.82) is 0 Å². The van der Waals surface area contributed by atoms with Crippen molar-refractivity contribution in [2.24, 2.45) is 23.2 Å². The van der Waals surface area contributed by atoms with Crippen LogP contribution in [0.5, 0.6) is 0 Å². The number of esters is 1. The van der Waals surface area contributed by atoms with E-state index in [1.54, 1.807) is 6.92 Å². The zero-order valence-corrected chi connectivity index (χ0v) is 16.7. The van der Waals surface area contributed by atoms with Crippen molar-refractivity contribution in [2.75, 3.05) is 25.4 Å². The van der Waals surface area contributed by atoms with Gasteiger partial charge in [-0.3, -0.25) is 14.5 Å². The summed E-state index contributed by atoms with van der Waals surface area (Å²) < 4.78 is 4.91. The second kappa shape index (κ2) is 7.49. The molecule has 1 N–H and O–H groups in total. The van der Waals surface area contributed by atoms with E-state index in [9.17, 15) is 14.4 Å². The monoisotopic (exact) mass is 392 g/mol. The van der Waals surface area contributed by atoms with Crippen molar-refractivity contribution in [1.82, 2.24) is 10.2 Å². The molecule has 1 aliphatic heterocycles. The van der Waals surface area contributed by atoms with E-state index < -0.39 is 5.97 Å². The second-order valence-electron chi connectivity index (χ2n) is 8.70. The second-order valence-corrected chi connectivity index (χ2v) is 9.69.